The van der Waals surface area contributed by atoms with Crippen LogP contribution in [-0.4, -0.2) is 65.5 Å². The van der Waals surface area contributed by atoms with Crippen molar-refractivity contribution in [2.45, 2.75) is 173 Å². The standard InChI is InChI=1S/C32H67O8P/c1-2-3-4-5-6-7-8-9-10-11-12-13-14-15-16-17-18-19-20-21-22-23-24-25-26-38-28-32(35)30-40-41(36,37)39-29-31(34)27-33/h31-35H,2-30H2,1H3,(H,36,37). The summed E-state index contributed by atoms with van der Waals surface area (Å²) in [7, 11) is -4.39. The van der Waals surface area contributed by atoms with E-state index in [2.05, 4.69) is 16.0 Å². The van der Waals surface area contributed by atoms with Crippen LogP contribution in [0.2, 0.25) is 0 Å². The van der Waals surface area contributed by atoms with Crippen LogP contribution in [-0.2, 0) is 18.3 Å². The molecular weight excluding hydrogens is 543 g/mol. The molecule has 0 spiro atoms. The summed E-state index contributed by atoms with van der Waals surface area (Å²) >= 11 is 0. The number of ether oxygens (including phenoxy) is 1. The third-order valence-corrected chi connectivity index (χ3v) is 8.47. The lowest BCUT2D eigenvalue weighted by Gasteiger charge is -2.16. The van der Waals surface area contributed by atoms with Gasteiger partial charge in [-0.2, -0.15) is 0 Å². The van der Waals surface area contributed by atoms with Crippen LogP contribution in [0.5, 0.6) is 0 Å². The zero-order chi connectivity index (χ0) is 30.3. The average molecular weight is 611 g/mol. The fourth-order valence-electron chi connectivity index (χ4n) is 4.88. The van der Waals surface area contributed by atoms with E-state index in [9.17, 15) is 14.6 Å². The molecule has 0 rings (SSSR count). The summed E-state index contributed by atoms with van der Waals surface area (Å²) in [6, 6.07) is 0. The van der Waals surface area contributed by atoms with Gasteiger partial charge in [-0.3, -0.25) is 9.05 Å². The van der Waals surface area contributed by atoms with Crippen LogP contribution in [0.3, 0.4) is 0 Å². The van der Waals surface area contributed by atoms with E-state index in [0.717, 1.165) is 12.8 Å². The van der Waals surface area contributed by atoms with E-state index in [4.69, 9.17) is 14.9 Å². The van der Waals surface area contributed by atoms with E-state index in [1.807, 2.05) is 0 Å². The van der Waals surface area contributed by atoms with Gasteiger partial charge in [0.15, 0.2) is 0 Å². The minimum absolute atomic E-state index is 0.0125. The molecule has 0 aliphatic carbocycles. The third kappa shape index (κ3) is 32.7. The molecule has 0 radical (unpaired) electrons. The molecule has 0 aromatic carbocycles. The first-order valence-electron chi connectivity index (χ1n) is 17.1. The molecule has 0 amide bonds. The second-order valence-electron chi connectivity index (χ2n) is 11.8. The molecule has 0 aliphatic heterocycles. The lowest BCUT2D eigenvalue weighted by molar-refractivity contribution is -0.00437. The minimum atomic E-state index is -4.39. The Morgan fingerprint density at radius 2 is 0.829 bits per heavy atom. The van der Waals surface area contributed by atoms with Gasteiger partial charge in [0, 0.05) is 6.61 Å². The SMILES string of the molecule is CCCCCCCCCCCCCCCCCCCCCCCCCCOCC(O)COP(=O)(O)OCC(O)CO. The molecule has 248 valence electrons. The minimum Gasteiger partial charge on any atom is -0.394 e. The van der Waals surface area contributed by atoms with E-state index in [1.165, 1.54) is 141 Å². The number of aliphatic hydroxyl groups is 3. The lowest BCUT2D eigenvalue weighted by atomic mass is 10.0. The summed E-state index contributed by atoms with van der Waals surface area (Å²) in [5, 5.41) is 27.6. The van der Waals surface area contributed by atoms with Crippen molar-refractivity contribution in [2.24, 2.45) is 0 Å². The first-order valence-corrected chi connectivity index (χ1v) is 18.6. The summed E-state index contributed by atoms with van der Waals surface area (Å²) in [4.78, 5) is 9.44. The highest BCUT2D eigenvalue weighted by Gasteiger charge is 2.24. The van der Waals surface area contributed by atoms with Gasteiger partial charge < -0.3 is 24.9 Å². The van der Waals surface area contributed by atoms with E-state index in [-0.39, 0.29) is 6.61 Å². The van der Waals surface area contributed by atoms with Crippen molar-refractivity contribution >= 4 is 7.82 Å². The van der Waals surface area contributed by atoms with Gasteiger partial charge in [0.05, 0.1) is 26.4 Å². The van der Waals surface area contributed by atoms with Gasteiger partial charge in [0.1, 0.15) is 12.2 Å². The predicted octanol–water partition coefficient (Wildman–Crippen LogP) is 8.23. The Hall–Kier alpha value is -0.0500. The molecule has 0 bridgehead atoms. The second-order valence-corrected chi connectivity index (χ2v) is 13.2. The van der Waals surface area contributed by atoms with Crippen LogP contribution in [0.1, 0.15) is 161 Å². The average Bonchev–Trinajstić information content (AvgIpc) is 2.96. The van der Waals surface area contributed by atoms with Gasteiger partial charge in [-0.25, -0.2) is 4.57 Å². The second kappa shape index (κ2) is 31.4. The highest BCUT2D eigenvalue weighted by Crippen LogP contribution is 2.43. The quantitative estimate of drug-likeness (QED) is 0.0424. The number of phosphoric acid groups is 1. The normalized spacial score (nSPS) is 14.8. The molecule has 0 heterocycles. The predicted molar refractivity (Wildman–Crippen MR) is 168 cm³/mol. The summed E-state index contributed by atoms with van der Waals surface area (Å²) in [5.41, 5.74) is 0. The topological polar surface area (TPSA) is 126 Å². The molecule has 0 fully saturated rings. The number of rotatable bonds is 34. The van der Waals surface area contributed by atoms with E-state index in [0.29, 0.717) is 6.61 Å². The number of phosphoric ester groups is 1. The van der Waals surface area contributed by atoms with Crippen molar-refractivity contribution in [3.63, 3.8) is 0 Å². The zero-order valence-corrected chi connectivity index (χ0v) is 27.4. The molecule has 0 saturated heterocycles. The maximum atomic E-state index is 11.6. The van der Waals surface area contributed by atoms with Gasteiger partial charge in [-0.1, -0.05) is 155 Å². The van der Waals surface area contributed by atoms with Crippen LogP contribution < -0.4 is 0 Å². The third-order valence-electron chi connectivity index (χ3n) is 7.52. The van der Waals surface area contributed by atoms with Gasteiger partial charge in [0.25, 0.3) is 0 Å². The first-order chi connectivity index (χ1) is 19.9. The summed E-state index contributed by atoms with van der Waals surface area (Å²) < 4.78 is 26.2. The number of unbranched alkanes of at least 4 members (excludes halogenated alkanes) is 23. The van der Waals surface area contributed by atoms with Crippen molar-refractivity contribution in [3.8, 4) is 0 Å². The van der Waals surface area contributed by atoms with Gasteiger partial charge in [0.2, 0.25) is 0 Å². The Morgan fingerprint density at radius 1 is 0.512 bits per heavy atom. The van der Waals surface area contributed by atoms with Crippen molar-refractivity contribution in [1.29, 1.82) is 0 Å². The maximum Gasteiger partial charge on any atom is 0.472 e. The molecule has 0 aliphatic rings. The fraction of sp³-hybridized carbons (Fsp3) is 1.00. The van der Waals surface area contributed by atoms with Crippen LogP contribution in [0.15, 0.2) is 0 Å². The Labute approximate surface area is 252 Å². The van der Waals surface area contributed by atoms with E-state index >= 15 is 0 Å². The Kier molecular flexibility index (Phi) is 31.3. The Balaban J connectivity index is 3.24. The van der Waals surface area contributed by atoms with Crippen LogP contribution in [0, 0.1) is 0 Å². The summed E-state index contributed by atoms with van der Waals surface area (Å²) in [6.45, 7) is 1.30. The number of aliphatic hydroxyl groups excluding tert-OH is 3. The molecule has 0 aromatic heterocycles. The van der Waals surface area contributed by atoms with Crippen molar-refractivity contribution < 1.29 is 38.6 Å². The first kappa shape index (κ1) is 41.0. The Morgan fingerprint density at radius 3 is 1.17 bits per heavy atom. The molecule has 9 heteroatoms. The Bertz CT molecular complexity index is 566. The van der Waals surface area contributed by atoms with Crippen LogP contribution >= 0.6 is 7.82 Å². The van der Waals surface area contributed by atoms with Gasteiger partial charge >= 0.3 is 7.82 Å². The van der Waals surface area contributed by atoms with E-state index < -0.39 is 39.9 Å². The molecular formula is C32H67O8P. The zero-order valence-electron chi connectivity index (χ0n) is 26.5. The van der Waals surface area contributed by atoms with Crippen molar-refractivity contribution in [1.82, 2.24) is 0 Å². The van der Waals surface area contributed by atoms with Crippen LogP contribution in [0.25, 0.3) is 0 Å². The molecule has 3 atom stereocenters. The number of hydrogen-bond acceptors (Lipinski definition) is 7. The summed E-state index contributed by atoms with van der Waals surface area (Å²) in [5.74, 6) is 0. The lowest BCUT2D eigenvalue weighted by Crippen LogP contribution is -2.23. The highest BCUT2D eigenvalue weighted by molar-refractivity contribution is 7.47. The van der Waals surface area contributed by atoms with Gasteiger partial charge in [-0.05, 0) is 6.42 Å². The molecule has 8 nitrogen and oxygen atoms in total. The van der Waals surface area contributed by atoms with Gasteiger partial charge in [-0.15, -0.1) is 0 Å². The monoisotopic (exact) mass is 610 g/mol. The largest absolute Gasteiger partial charge is 0.472 e. The molecule has 0 aromatic rings. The fourth-order valence-corrected chi connectivity index (χ4v) is 5.68. The number of hydrogen-bond donors (Lipinski definition) is 4. The molecule has 0 saturated carbocycles. The van der Waals surface area contributed by atoms with Crippen LogP contribution in [0.4, 0.5) is 0 Å². The molecule has 41 heavy (non-hydrogen) atoms. The van der Waals surface area contributed by atoms with Crippen molar-refractivity contribution in [3.05, 3.63) is 0 Å². The molecule has 4 N–H and O–H groups in total. The maximum absolute atomic E-state index is 11.6. The van der Waals surface area contributed by atoms with E-state index in [1.54, 1.807) is 0 Å². The highest BCUT2D eigenvalue weighted by atomic mass is 31.2. The van der Waals surface area contributed by atoms with Crippen molar-refractivity contribution in [2.75, 3.05) is 33.0 Å². The summed E-state index contributed by atoms with van der Waals surface area (Å²) in [6.07, 6.45) is 30.3. The molecule has 3 unspecified atom stereocenters. The smallest absolute Gasteiger partial charge is 0.394 e.